The number of hydrogen-bond donors (Lipinski definition) is 0. The quantitative estimate of drug-likeness (QED) is 0.208. The Morgan fingerprint density at radius 2 is 0.778 bits per heavy atom. The van der Waals surface area contributed by atoms with Gasteiger partial charge in [0.05, 0.1) is 11.4 Å². The van der Waals surface area contributed by atoms with E-state index in [1.165, 1.54) is 44.6 Å². The number of fused-ring (bicyclic) bond motifs is 2. The number of rotatable bonds is 0. The highest BCUT2D eigenvalue weighted by Crippen LogP contribution is 2.58. The zero-order chi connectivity index (χ0) is 26.0. The Bertz CT molecular complexity index is 1190. The largest absolute Gasteiger partial charge is 0.458 e. The summed E-state index contributed by atoms with van der Waals surface area (Å²) in [6, 6.07) is 25.5. The molecule has 0 radical (unpaired) electrons. The van der Waals surface area contributed by atoms with Gasteiger partial charge in [0, 0.05) is 22.1 Å². The van der Waals surface area contributed by atoms with Gasteiger partial charge in [-0.25, -0.2) is 0 Å². The number of anilines is 2. The average Bonchev–Trinajstić information content (AvgIpc) is 2.98. The maximum atomic E-state index is 6.40. The molecule has 0 saturated carbocycles. The van der Waals surface area contributed by atoms with E-state index in [2.05, 4.69) is 77.6 Å². The number of hydrogen-bond acceptors (Lipinski definition) is 3. The third-order valence-corrected chi connectivity index (χ3v) is 6.44. The normalized spacial score (nSPS) is 12.2. The Kier molecular flexibility index (Phi) is 7.44. The molecule has 184 valence electrons. The Morgan fingerprint density at radius 3 is 1.19 bits per heavy atom. The summed E-state index contributed by atoms with van der Waals surface area (Å²) in [6.07, 6.45) is 0. The van der Waals surface area contributed by atoms with E-state index in [1.54, 1.807) is 0 Å². The Labute approximate surface area is 216 Å². The number of ether oxygens (including phenoxy) is 2. The number of benzene rings is 4. The number of para-hydroxylation sites is 2. The van der Waals surface area contributed by atoms with Crippen LogP contribution in [0.4, 0.5) is 11.4 Å². The summed E-state index contributed by atoms with van der Waals surface area (Å²) in [5.74, 6) is 3.75. The third-order valence-electron chi connectivity index (χ3n) is 6.44. The summed E-state index contributed by atoms with van der Waals surface area (Å²) in [5.41, 5.74) is 9.74. The van der Waals surface area contributed by atoms with Crippen molar-refractivity contribution < 1.29 is 9.47 Å². The lowest BCUT2D eigenvalue weighted by atomic mass is 9.42. The molecule has 0 spiro atoms. The third kappa shape index (κ3) is 3.35. The van der Waals surface area contributed by atoms with Gasteiger partial charge in [0.25, 0.3) is 0 Å². The highest BCUT2D eigenvalue weighted by molar-refractivity contribution is 6.94. The van der Waals surface area contributed by atoms with Gasteiger partial charge >= 0.3 is 6.85 Å². The molecule has 0 saturated heterocycles. The molecule has 0 bridgehead atoms. The molecular weight excluding hydrogens is 441 g/mol. The lowest BCUT2D eigenvalue weighted by Gasteiger charge is -2.48. The molecule has 0 amide bonds. The molecule has 4 heterocycles. The first kappa shape index (κ1) is 25.4. The maximum absolute atomic E-state index is 6.40. The molecule has 3 nitrogen and oxygen atoms in total. The molecule has 0 aromatic heterocycles. The molecule has 4 aliphatic heterocycles. The minimum Gasteiger partial charge on any atom is -0.458 e. The second-order valence-electron chi connectivity index (χ2n) is 7.72. The molecule has 0 fully saturated rings. The van der Waals surface area contributed by atoms with Crippen molar-refractivity contribution in [3.63, 3.8) is 0 Å². The van der Waals surface area contributed by atoms with Crippen LogP contribution in [-0.2, 0) is 0 Å². The van der Waals surface area contributed by atoms with Crippen LogP contribution in [0.2, 0.25) is 0 Å². The van der Waals surface area contributed by atoms with Crippen LogP contribution in [-0.4, -0.2) is 6.85 Å². The fraction of sp³-hybridized carbons (Fsp3) is 0.250. The predicted molar refractivity (Wildman–Crippen MR) is 156 cm³/mol. The monoisotopic (exact) mass is 477 g/mol. The number of nitrogens with zero attached hydrogens (tertiary/aromatic N) is 1. The van der Waals surface area contributed by atoms with Crippen molar-refractivity contribution in [3.05, 3.63) is 72.8 Å². The zero-order valence-electron chi connectivity index (χ0n) is 22.8. The predicted octanol–water partition coefficient (Wildman–Crippen LogP) is 8.91. The van der Waals surface area contributed by atoms with E-state index in [4.69, 9.17) is 9.47 Å². The van der Waals surface area contributed by atoms with Gasteiger partial charge in [-0.1, -0.05) is 104 Å². The minimum atomic E-state index is 0.109. The summed E-state index contributed by atoms with van der Waals surface area (Å²) in [4.78, 5) is 2.49. The standard InChI is InChI=1S/C24H12BNO2.4C2H6/c1-5-13-15-7-3-11-19-23(15)26-24-16(8-4-12-20(24)28-19)14-6-2-10-18-22(14)25(26)21(13)17(9-1)27-18;4*1-2/h1-12H;4*1-2H3. The van der Waals surface area contributed by atoms with Gasteiger partial charge in [0.1, 0.15) is 11.5 Å². The van der Waals surface area contributed by atoms with Crippen molar-refractivity contribution in [1.82, 2.24) is 0 Å². The molecule has 0 unspecified atom stereocenters. The van der Waals surface area contributed by atoms with Gasteiger partial charge in [0.2, 0.25) is 0 Å². The van der Waals surface area contributed by atoms with Crippen LogP contribution in [0.15, 0.2) is 72.8 Å². The van der Waals surface area contributed by atoms with Gasteiger partial charge < -0.3 is 14.3 Å². The second-order valence-corrected chi connectivity index (χ2v) is 7.72. The molecule has 36 heavy (non-hydrogen) atoms. The topological polar surface area (TPSA) is 21.7 Å². The van der Waals surface area contributed by atoms with E-state index in [0.29, 0.717) is 0 Å². The summed E-state index contributed by atoms with van der Waals surface area (Å²) in [7, 11) is 0. The second kappa shape index (κ2) is 10.5. The zero-order valence-corrected chi connectivity index (χ0v) is 22.8. The highest BCUT2D eigenvalue weighted by atomic mass is 16.5. The van der Waals surface area contributed by atoms with Crippen molar-refractivity contribution in [1.29, 1.82) is 0 Å². The molecule has 4 heteroatoms. The van der Waals surface area contributed by atoms with Crippen LogP contribution in [0.1, 0.15) is 55.4 Å². The lowest BCUT2D eigenvalue weighted by Crippen LogP contribution is -2.62. The van der Waals surface area contributed by atoms with Crippen molar-refractivity contribution in [3.8, 4) is 45.3 Å². The first-order chi connectivity index (χ1) is 17.9. The maximum Gasteiger partial charge on any atom is 0.337 e. The molecular formula is C32H36BNO2. The van der Waals surface area contributed by atoms with Gasteiger partial charge in [-0.2, -0.15) is 0 Å². The van der Waals surface area contributed by atoms with E-state index in [-0.39, 0.29) is 6.85 Å². The minimum absolute atomic E-state index is 0.109. The van der Waals surface area contributed by atoms with Gasteiger partial charge in [-0.3, -0.25) is 0 Å². The fourth-order valence-corrected chi connectivity index (χ4v) is 5.45. The average molecular weight is 477 g/mol. The highest BCUT2D eigenvalue weighted by Gasteiger charge is 2.50. The SMILES string of the molecule is CC.CC.CC.CC.c1cc2c3c(c1)-c1cccc4c1N1B3c3c(cccc3-c3cccc(c31)O4)O2. The smallest absolute Gasteiger partial charge is 0.337 e. The van der Waals surface area contributed by atoms with Gasteiger partial charge in [-0.15, -0.1) is 0 Å². The first-order valence-electron chi connectivity index (χ1n) is 13.6. The van der Waals surface area contributed by atoms with E-state index >= 15 is 0 Å². The Hall–Kier alpha value is -3.66. The summed E-state index contributed by atoms with van der Waals surface area (Å²) in [6.45, 7) is 16.1. The fourth-order valence-electron chi connectivity index (χ4n) is 5.45. The molecule has 4 aromatic rings. The lowest BCUT2D eigenvalue weighted by molar-refractivity contribution is 0.476. The molecule has 0 N–H and O–H groups in total. The van der Waals surface area contributed by atoms with Gasteiger partial charge in [-0.05, 0) is 35.4 Å². The van der Waals surface area contributed by atoms with Crippen LogP contribution in [0.5, 0.6) is 23.0 Å². The van der Waals surface area contributed by atoms with Crippen LogP contribution < -0.4 is 25.2 Å². The van der Waals surface area contributed by atoms with E-state index in [0.717, 1.165) is 23.0 Å². The Morgan fingerprint density at radius 1 is 0.444 bits per heavy atom. The molecule has 0 atom stereocenters. The van der Waals surface area contributed by atoms with Crippen LogP contribution in [0, 0.1) is 0 Å². The van der Waals surface area contributed by atoms with Crippen molar-refractivity contribution in [2.24, 2.45) is 0 Å². The van der Waals surface area contributed by atoms with E-state index < -0.39 is 0 Å². The van der Waals surface area contributed by atoms with Crippen molar-refractivity contribution in [2.75, 3.05) is 4.81 Å². The van der Waals surface area contributed by atoms with E-state index in [1.807, 2.05) is 55.4 Å². The first-order valence-corrected chi connectivity index (χ1v) is 13.6. The summed E-state index contributed by atoms with van der Waals surface area (Å²) < 4.78 is 12.8. The summed E-state index contributed by atoms with van der Waals surface area (Å²) in [5, 5.41) is 0. The molecule has 4 aromatic carbocycles. The van der Waals surface area contributed by atoms with Gasteiger partial charge in [0.15, 0.2) is 11.5 Å². The van der Waals surface area contributed by atoms with Crippen molar-refractivity contribution >= 4 is 29.1 Å². The molecule has 4 aliphatic rings. The van der Waals surface area contributed by atoms with Crippen LogP contribution >= 0.6 is 0 Å². The summed E-state index contributed by atoms with van der Waals surface area (Å²) >= 11 is 0. The van der Waals surface area contributed by atoms with Crippen LogP contribution in [0.25, 0.3) is 22.3 Å². The molecule has 0 aliphatic carbocycles. The van der Waals surface area contributed by atoms with E-state index in [9.17, 15) is 0 Å². The Balaban J connectivity index is 0.000000350. The van der Waals surface area contributed by atoms with Crippen LogP contribution in [0.3, 0.4) is 0 Å². The molecule has 8 rings (SSSR count). The van der Waals surface area contributed by atoms with Crippen molar-refractivity contribution in [2.45, 2.75) is 55.4 Å².